The summed E-state index contributed by atoms with van der Waals surface area (Å²) in [6.45, 7) is 0.256. The molecule has 2 heterocycles. The molecule has 0 bridgehead atoms. The lowest BCUT2D eigenvalue weighted by Gasteiger charge is -2.30. The summed E-state index contributed by atoms with van der Waals surface area (Å²) >= 11 is 0. The summed E-state index contributed by atoms with van der Waals surface area (Å²) in [5.74, 6) is -0.743. The normalized spacial score (nSPS) is 25.3. The Morgan fingerprint density at radius 1 is 1.21 bits per heavy atom. The molecule has 34 heavy (non-hydrogen) atoms. The summed E-state index contributed by atoms with van der Waals surface area (Å²) in [6, 6.07) is 12.3. The van der Waals surface area contributed by atoms with Gasteiger partial charge in [-0.3, -0.25) is 4.79 Å². The van der Waals surface area contributed by atoms with E-state index in [0.717, 1.165) is 24.7 Å². The number of carbonyl (C=O) groups excluding carboxylic acids is 2. The molecule has 3 fully saturated rings. The summed E-state index contributed by atoms with van der Waals surface area (Å²) in [6.07, 6.45) is 2.09. The number of cyclic esters (lactones) is 1. The maximum Gasteiger partial charge on any atom is 0.407 e. The van der Waals surface area contributed by atoms with Crippen LogP contribution in [0.4, 0.5) is 9.18 Å². The molecular weight excluding hydrogens is 461 g/mol. The fourth-order valence-electron chi connectivity index (χ4n) is 5.20. The Hall–Kier alpha value is -2.98. The summed E-state index contributed by atoms with van der Waals surface area (Å²) in [7, 11) is -3.58. The van der Waals surface area contributed by atoms with Crippen LogP contribution in [0.25, 0.3) is 11.1 Å². The first-order chi connectivity index (χ1) is 16.2. The summed E-state index contributed by atoms with van der Waals surface area (Å²) < 4.78 is 47.7. The van der Waals surface area contributed by atoms with Gasteiger partial charge in [0.05, 0.1) is 12.3 Å². The van der Waals surface area contributed by atoms with Crippen molar-refractivity contribution in [3.05, 3.63) is 59.9 Å². The molecule has 2 N–H and O–H groups in total. The fraction of sp³-hybridized carbons (Fsp3) is 0.417. The number of rotatable bonds is 6. The number of sulfonamides is 1. The van der Waals surface area contributed by atoms with Gasteiger partial charge in [0.1, 0.15) is 18.5 Å². The topological polar surface area (TPSA) is 105 Å². The Morgan fingerprint density at radius 2 is 1.94 bits per heavy atom. The van der Waals surface area contributed by atoms with Gasteiger partial charge in [-0.1, -0.05) is 48.5 Å². The van der Waals surface area contributed by atoms with Gasteiger partial charge in [0.25, 0.3) is 0 Å². The van der Waals surface area contributed by atoms with Crippen molar-refractivity contribution in [2.24, 2.45) is 5.41 Å². The van der Waals surface area contributed by atoms with Gasteiger partial charge >= 0.3 is 6.09 Å². The Labute approximate surface area is 197 Å². The van der Waals surface area contributed by atoms with Crippen LogP contribution >= 0.6 is 0 Å². The Morgan fingerprint density at radius 3 is 2.56 bits per heavy atom. The number of nitrogens with one attached hydrogen (secondary N) is 2. The van der Waals surface area contributed by atoms with Crippen molar-refractivity contribution in [1.82, 2.24) is 14.9 Å². The van der Waals surface area contributed by atoms with Crippen LogP contribution in [0.3, 0.4) is 0 Å². The Bertz CT molecular complexity index is 1230. The van der Waals surface area contributed by atoms with Crippen molar-refractivity contribution in [1.29, 1.82) is 0 Å². The predicted molar refractivity (Wildman–Crippen MR) is 123 cm³/mol. The van der Waals surface area contributed by atoms with E-state index in [1.807, 2.05) is 30.3 Å². The minimum absolute atomic E-state index is 0.0874. The second-order valence-electron chi connectivity index (χ2n) is 9.41. The zero-order chi connectivity index (χ0) is 24.1. The van der Waals surface area contributed by atoms with E-state index >= 15 is 4.39 Å². The molecule has 1 unspecified atom stereocenters. The van der Waals surface area contributed by atoms with Crippen molar-refractivity contribution in [2.75, 3.05) is 19.4 Å². The monoisotopic (exact) mass is 487 g/mol. The number of benzene rings is 2. The number of carbonyl (C=O) groups is 2. The van der Waals surface area contributed by atoms with Crippen molar-refractivity contribution in [2.45, 2.75) is 37.4 Å². The molecule has 2 aliphatic heterocycles. The third kappa shape index (κ3) is 4.27. The average molecular weight is 488 g/mol. The van der Waals surface area contributed by atoms with Crippen molar-refractivity contribution < 1.29 is 27.1 Å². The first-order valence-corrected chi connectivity index (χ1v) is 13.1. The van der Waals surface area contributed by atoms with Crippen LogP contribution in [0, 0.1) is 11.2 Å². The van der Waals surface area contributed by atoms with Crippen molar-refractivity contribution >= 4 is 22.0 Å². The zero-order valence-electron chi connectivity index (χ0n) is 18.7. The van der Waals surface area contributed by atoms with Crippen LogP contribution in [-0.4, -0.2) is 62.9 Å². The number of nitrogens with zero attached hydrogens (tertiary/aromatic N) is 1. The van der Waals surface area contributed by atoms with E-state index in [-0.39, 0.29) is 24.3 Å². The van der Waals surface area contributed by atoms with Crippen LogP contribution in [0.1, 0.15) is 18.4 Å². The number of hydrogen-bond acceptors (Lipinski definition) is 5. The molecule has 2 amide bonds. The van der Waals surface area contributed by atoms with E-state index in [1.54, 1.807) is 23.1 Å². The summed E-state index contributed by atoms with van der Waals surface area (Å²) in [5.41, 5.74) is 1.19. The lowest BCUT2D eigenvalue weighted by molar-refractivity contribution is -0.134. The number of ether oxygens (including phenoxy) is 1. The highest BCUT2D eigenvalue weighted by Crippen LogP contribution is 2.55. The molecule has 3 aliphatic rings. The van der Waals surface area contributed by atoms with Gasteiger partial charge in [-0.2, -0.15) is 0 Å². The number of halogens is 1. The molecule has 180 valence electrons. The standard InChI is InChI=1S/C24H26FN3O5S/c1-34(31,32)27-21-19(12-16-8-5-9-17(20(16)25)15-6-3-2-4-7-15)28(14-24(21)10-11-24)22(29)18-13-33-23(30)26-18/h2-9,18-19,21,27H,10-14H2,1H3,(H,26,30)/t18?,19-,21+/m0/s1. The van der Waals surface area contributed by atoms with Crippen LogP contribution in [0.15, 0.2) is 48.5 Å². The molecule has 2 aromatic rings. The lowest BCUT2D eigenvalue weighted by atomic mass is 9.91. The molecule has 10 heteroatoms. The van der Waals surface area contributed by atoms with Crippen LogP contribution in [0.2, 0.25) is 0 Å². The third-order valence-electron chi connectivity index (χ3n) is 7.01. The van der Waals surface area contributed by atoms with E-state index in [0.29, 0.717) is 17.7 Å². The lowest BCUT2D eigenvalue weighted by Crippen LogP contribution is -2.53. The van der Waals surface area contributed by atoms with Gasteiger partial charge in [0, 0.05) is 23.6 Å². The first-order valence-electron chi connectivity index (χ1n) is 11.2. The zero-order valence-corrected chi connectivity index (χ0v) is 19.5. The number of alkyl carbamates (subject to hydrolysis) is 1. The van der Waals surface area contributed by atoms with Gasteiger partial charge in [-0.05, 0) is 30.4 Å². The summed E-state index contributed by atoms with van der Waals surface area (Å²) in [5, 5.41) is 2.50. The highest BCUT2D eigenvalue weighted by molar-refractivity contribution is 7.88. The van der Waals surface area contributed by atoms with Gasteiger partial charge in [0.15, 0.2) is 0 Å². The van der Waals surface area contributed by atoms with E-state index in [2.05, 4.69) is 10.0 Å². The third-order valence-corrected chi connectivity index (χ3v) is 7.69. The van der Waals surface area contributed by atoms with Crippen LogP contribution in [-0.2, 0) is 26.0 Å². The number of hydrogen-bond donors (Lipinski definition) is 2. The molecule has 0 radical (unpaired) electrons. The molecule has 5 rings (SSSR count). The maximum atomic E-state index is 15.6. The highest BCUT2D eigenvalue weighted by atomic mass is 32.2. The molecule has 1 aliphatic carbocycles. The fourth-order valence-corrected chi connectivity index (χ4v) is 6.07. The molecule has 3 atom stereocenters. The van der Waals surface area contributed by atoms with Crippen LogP contribution < -0.4 is 10.0 Å². The molecular formula is C24H26FN3O5S. The van der Waals surface area contributed by atoms with Gasteiger partial charge in [0.2, 0.25) is 15.9 Å². The van der Waals surface area contributed by atoms with E-state index in [4.69, 9.17) is 4.74 Å². The van der Waals surface area contributed by atoms with E-state index < -0.39 is 40.1 Å². The number of likely N-dealkylation sites (tertiary alicyclic amines) is 1. The maximum absolute atomic E-state index is 15.6. The van der Waals surface area contributed by atoms with Crippen molar-refractivity contribution in [3.63, 3.8) is 0 Å². The molecule has 1 saturated carbocycles. The van der Waals surface area contributed by atoms with Gasteiger partial charge in [-0.15, -0.1) is 0 Å². The minimum atomic E-state index is -3.58. The van der Waals surface area contributed by atoms with Gasteiger partial charge in [-0.25, -0.2) is 22.3 Å². The largest absolute Gasteiger partial charge is 0.447 e. The predicted octanol–water partition coefficient (Wildman–Crippen LogP) is 2.05. The Balaban J connectivity index is 1.50. The van der Waals surface area contributed by atoms with Gasteiger partial charge < -0.3 is 15.0 Å². The molecule has 8 nitrogen and oxygen atoms in total. The second-order valence-corrected chi connectivity index (χ2v) is 11.2. The van der Waals surface area contributed by atoms with Crippen LogP contribution in [0.5, 0.6) is 0 Å². The van der Waals surface area contributed by atoms with E-state index in [1.165, 1.54) is 0 Å². The molecule has 1 spiro atoms. The quantitative estimate of drug-likeness (QED) is 0.649. The molecule has 2 saturated heterocycles. The SMILES string of the molecule is CS(=O)(=O)N[C@@H]1[C@H](Cc2cccc(-c3ccccc3)c2F)N(C(=O)C2COC(=O)N2)CC12CC2. The first kappa shape index (κ1) is 22.8. The van der Waals surface area contributed by atoms with Crippen molar-refractivity contribution in [3.8, 4) is 11.1 Å². The highest BCUT2D eigenvalue weighted by Gasteiger charge is 2.61. The minimum Gasteiger partial charge on any atom is -0.447 e. The summed E-state index contributed by atoms with van der Waals surface area (Å²) in [4.78, 5) is 26.5. The number of amides is 2. The Kier molecular flexibility index (Phi) is 5.60. The van der Waals surface area contributed by atoms with E-state index in [9.17, 15) is 18.0 Å². The smallest absolute Gasteiger partial charge is 0.407 e. The second kappa shape index (κ2) is 8.35. The average Bonchev–Trinajstić information content (AvgIpc) is 3.36. The molecule has 2 aromatic carbocycles. The molecule has 0 aromatic heterocycles.